The first-order valence-electron chi connectivity index (χ1n) is 8.62. The number of hydrogen-bond acceptors (Lipinski definition) is 1. The lowest BCUT2D eigenvalue weighted by atomic mass is 9.63. The molecule has 0 saturated heterocycles. The maximum Gasteiger partial charge on any atom is 0.00798 e. The van der Waals surface area contributed by atoms with Crippen LogP contribution in [-0.2, 0) is 0 Å². The van der Waals surface area contributed by atoms with E-state index in [0.29, 0.717) is 10.8 Å². The smallest absolute Gasteiger partial charge is 0.00798 e. The predicted molar refractivity (Wildman–Crippen MR) is 84.4 cm³/mol. The van der Waals surface area contributed by atoms with Gasteiger partial charge in [-0.2, -0.15) is 0 Å². The highest BCUT2D eigenvalue weighted by molar-refractivity contribution is 4.93. The zero-order valence-corrected chi connectivity index (χ0v) is 13.7. The third-order valence-electron chi connectivity index (χ3n) is 5.13. The first kappa shape index (κ1) is 15.4. The van der Waals surface area contributed by atoms with Crippen LogP contribution in [0.25, 0.3) is 0 Å². The fourth-order valence-electron chi connectivity index (χ4n) is 4.92. The van der Waals surface area contributed by atoms with E-state index >= 15 is 0 Å². The van der Waals surface area contributed by atoms with Crippen LogP contribution in [0.3, 0.4) is 0 Å². The van der Waals surface area contributed by atoms with E-state index in [-0.39, 0.29) is 0 Å². The second-order valence-corrected chi connectivity index (χ2v) is 8.82. The van der Waals surface area contributed by atoms with Crippen molar-refractivity contribution in [2.24, 2.45) is 10.8 Å². The van der Waals surface area contributed by atoms with Gasteiger partial charge in [0.05, 0.1) is 0 Å². The van der Waals surface area contributed by atoms with Crippen molar-refractivity contribution in [1.82, 2.24) is 5.32 Å². The number of rotatable bonds is 2. The van der Waals surface area contributed by atoms with Crippen molar-refractivity contribution in [2.75, 3.05) is 0 Å². The Hall–Kier alpha value is -0.0400. The normalized spacial score (nSPS) is 29.7. The maximum absolute atomic E-state index is 4.04. The van der Waals surface area contributed by atoms with Gasteiger partial charge in [0.1, 0.15) is 0 Å². The van der Waals surface area contributed by atoms with E-state index in [2.05, 4.69) is 33.0 Å². The largest absolute Gasteiger partial charge is 0.311 e. The van der Waals surface area contributed by atoms with Gasteiger partial charge < -0.3 is 5.32 Å². The average molecular weight is 265 g/mol. The van der Waals surface area contributed by atoms with Crippen molar-refractivity contribution in [1.29, 1.82) is 0 Å². The first-order chi connectivity index (χ1) is 8.86. The van der Waals surface area contributed by atoms with Gasteiger partial charge in [-0.3, -0.25) is 0 Å². The summed E-state index contributed by atoms with van der Waals surface area (Å²) in [5.74, 6) is 0. The molecule has 0 amide bonds. The van der Waals surface area contributed by atoms with Gasteiger partial charge in [0.25, 0.3) is 0 Å². The molecule has 0 aromatic carbocycles. The Kier molecular flexibility index (Phi) is 4.98. The van der Waals surface area contributed by atoms with Crippen molar-refractivity contribution in [3.63, 3.8) is 0 Å². The quantitative estimate of drug-likeness (QED) is 0.715. The molecule has 0 bridgehead atoms. The molecule has 2 saturated carbocycles. The van der Waals surface area contributed by atoms with Gasteiger partial charge in [0.2, 0.25) is 0 Å². The second-order valence-electron chi connectivity index (χ2n) is 8.82. The van der Waals surface area contributed by atoms with E-state index in [0.717, 1.165) is 12.1 Å². The average Bonchev–Trinajstić information content (AvgIpc) is 2.16. The summed E-state index contributed by atoms with van der Waals surface area (Å²) in [7, 11) is 0. The third-order valence-corrected chi connectivity index (χ3v) is 5.13. The molecule has 112 valence electrons. The Morgan fingerprint density at radius 1 is 0.684 bits per heavy atom. The summed E-state index contributed by atoms with van der Waals surface area (Å²) in [6, 6.07) is 1.55. The van der Waals surface area contributed by atoms with Gasteiger partial charge in [0.15, 0.2) is 0 Å². The van der Waals surface area contributed by atoms with E-state index in [1.54, 1.807) is 0 Å². The first-order valence-corrected chi connectivity index (χ1v) is 8.62. The van der Waals surface area contributed by atoms with E-state index < -0.39 is 0 Å². The van der Waals surface area contributed by atoms with E-state index in [9.17, 15) is 0 Å². The van der Waals surface area contributed by atoms with Gasteiger partial charge in [-0.1, -0.05) is 59.8 Å². The van der Waals surface area contributed by atoms with Gasteiger partial charge in [0, 0.05) is 12.1 Å². The summed E-state index contributed by atoms with van der Waals surface area (Å²) < 4.78 is 0. The molecule has 0 aliphatic heterocycles. The Labute approximate surface area is 120 Å². The van der Waals surface area contributed by atoms with Crippen LogP contribution >= 0.6 is 0 Å². The van der Waals surface area contributed by atoms with Crippen molar-refractivity contribution < 1.29 is 0 Å². The van der Waals surface area contributed by atoms with Crippen LogP contribution in [0.15, 0.2) is 0 Å². The lowest BCUT2D eigenvalue weighted by Crippen LogP contribution is -2.47. The van der Waals surface area contributed by atoms with Crippen LogP contribution in [0.1, 0.15) is 91.9 Å². The van der Waals surface area contributed by atoms with Crippen LogP contribution in [0.2, 0.25) is 0 Å². The summed E-state index contributed by atoms with van der Waals surface area (Å²) in [4.78, 5) is 0. The fourth-order valence-corrected chi connectivity index (χ4v) is 4.92. The van der Waals surface area contributed by atoms with Gasteiger partial charge in [-0.15, -0.1) is 0 Å². The molecule has 2 rings (SSSR count). The molecule has 19 heavy (non-hydrogen) atoms. The molecule has 0 heterocycles. The lowest BCUT2D eigenvalue weighted by Gasteiger charge is -2.46. The van der Waals surface area contributed by atoms with Crippen LogP contribution in [-0.4, -0.2) is 12.1 Å². The molecule has 1 N–H and O–H groups in total. The summed E-state index contributed by atoms with van der Waals surface area (Å²) in [5.41, 5.74) is 1.03. The molecule has 0 atom stereocenters. The molecule has 1 nitrogen and oxygen atoms in total. The predicted octanol–water partition coefficient (Wildman–Crippen LogP) is 5.29. The molecular formula is C18H35N. The van der Waals surface area contributed by atoms with Crippen LogP contribution < -0.4 is 5.32 Å². The molecule has 0 aromatic heterocycles. The molecule has 0 unspecified atom stereocenters. The minimum atomic E-state index is 0.515. The highest BCUT2D eigenvalue weighted by atomic mass is 15.0. The Morgan fingerprint density at radius 2 is 1.16 bits per heavy atom. The van der Waals surface area contributed by atoms with Gasteiger partial charge >= 0.3 is 0 Å². The second kappa shape index (κ2) is 6.16. The monoisotopic (exact) mass is 265 g/mol. The summed E-state index contributed by atoms with van der Waals surface area (Å²) in [6.45, 7) is 9.84. The van der Waals surface area contributed by atoms with Gasteiger partial charge in [-0.05, 0) is 42.9 Å². The molecule has 0 radical (unpaired) electrons. The molecule has 2 fully saturated rings. The van der Waals surface area contributed by atoms with Crippen LogP contribution in [0, 0.1) is 10.8 Å². The Bertz CT molecular complexity index is 255. The SMILES string of the molecule is CC1(C)CC(NC2CCCCCCC2)CC(C)(C)C1. The Balaban J connectivity index is 1.89. The maximum atomic E-state index is 4.04. The van der Waals surface area contributed by atoms with Crippen molar-refractivity contribution >= 4 is 0 Å². The molecule has 2 aliphatic carbocycles. The number of hydrogen-bond donors (Lipinski definition) is 1. The lowest BCUT2D eigenvalue weighted by molar-refractivity contribution is 0.0784. The van der Waals surface area contributed by atoms with E-state index in [1.165, 1.54) is 64.2 Å². The molecule has 0 spiro atoms. The van der Waals surface area contributed by atoms with Crippen molar-refractivity contribution in [3.8, 4) is 0 Å². The van der Waals surface area contributed by atoms with E-state index in [4.69, 9.17) is 0 Å². The number of nitrogens with one attached hydrogen (secondary N) is 1. The highest BCUT2D eigenvalue weighted by Gasteiger charge is 2.38. The zero-order valence-electron chi connectivity index (χ0n) is 13.7. The van der Waals surface area contributed by atoms with Crippen molar-refractivity contribution in [3.05, 3.63) is 0 Å². The Morgan fingerprint density at radius 3 is 1.68 bits per heavy atom. The fraction of sp³-hybridized carbons (Fsp3) is 1.00. The summed E-state index contributed by atoms with van der Waals surface area (Å²) in [5, 5.41) is 4.04. The summed E-state index contributed by atoms with van der Waals surface area (Å²) >= 11 is 0. The van der Waals surface area contributed by atoms with E-state index in [1.807, 2.05) is 0 Å². The molecule has 0 aromatic rings. The molecule has 1 heteroatoms. The topological polar surface area (TPSA) is 12.0 Å². The van der Waals surface area contributed by atoms with Crippen molar-refractivity contribution in [2.45, 2.75) is 104 Å². The standard InChI is InChI=1S/C18H35N/c1-17(2)12-16(13-18(3,4)14-17)19-15-10-8-6-5-7-9-11-15/h15-16,19H,5-14H2,1-4H3. The third kappa shape index (κ3) is 5.10. The minimum Gasteiger partial charge on any atom is -0.311 e. The van der Waals surface area contributed by atoms with Gasteiger partial charge in [-0.25, -0.2) is 0 Å². The van der Waals surface area contributed by atoms with Crippen LogP contribution in [0.5, 0.6) is 0 Å². The minimum absolute atomic E-state index is 0.515. The molecular weight excluding hydrogens is 230 g/mol. The zero-order chi connectivity index (χ0) is 13.9. The van der Waals surface area contributed by atoms with Crippen LogP contribution in [0.4, 0.5) is 0 Å². The summed E-state index contributed by atoms with van der Waals surface area (Å²) in [6.07, 6.45) is 14.2. The highest BCUT2D eigenvalue weighted by Crippen LogP contribution is 2.45. The molecule has 2 aliphatic rings.